The first-order valence-electron chi connectivity index (χ1n) is 8.79. The van der Waals surface area contributed by atoms with Gasteiger partial charge in [0.1, 0.15) is 11.4 Å². The summed E-state index contributed by atoms with van der Waals surface area (Å²) < 4.78 is 5.33. The Hall–Kier alpha value is -2.89. The number of carbonyl (C=O) groups excluding carboxylic acids is 2. The van der Waals surface area contributed by atoms with E-state index in [0.29, 0.717) is 38.3 Å². The lowest BCUT2D eigenvalue weighted by Crippen LogP contribution is -2.38. The monoisotopic (exact) mass is 353 g/mol. The topological polar surface area (TPSA) is 62.7 Å². The third-order valence-corrected chi connectivity index (χ3v) is 4.55. The molecule has 6 heteroatoms. The van der Waals surface area contributed by atoms with Gasteiger partial charge >= 0.3 is 0 Å². The Kier molecular flexibility index (Phi) is 5.84. The van der Waals surface area contributed by atoms with Gasteiger partial charge in [-0.2, -0.15) is 0 Å². The van der Waals surface area contributed by atoms with Crippen LogP contribution in [0.1, 0.15) is 22.5 Å². The van der Waals surface area contributed by atoms with E-state index in [-0.39, 0.29) is 11.8 Å². The minimum absolute atomic E-state index is 0.0571. The van der Waals surface area contributed by atoms with Gasteiger partial charge in [-0.1, -0.05) is 24.3 Å². The van der Waals surface area contributed by atoms with Gasteiger partial charge in [0.15, 0.2) is 0 Å². The number of methoxy groups -OCH3 is 1. The predicted molar refractivity (Wildman–Crippen MR) is 98.0 cm³/mol. The van der Waals surface area contributed by atoms with E-state index < -0.39 is 0 Å². The number of benzene rings is 1. The normalized spacial score (nSPS) is 14.7. The maximum absolute atomic E-state index is 12.7. The standard InChI is InChI=1S/C20H23N3O3/c1-26-18-9-3-2-7-16(18)15-19(24)22-11-6-12-23(14-13-22)20(25)17-8-4-5-10-21-17/h2-5,7-10H,6,11-15H2,1H3. The van der Waals surface area contributed by atoms with Crippen LogP contribution in [0.5, 0.6) is 5.75 Å². The number of para-hydroxylation sites is 1. The molecule has 2 heterocycles. The second kappa shape index (κ2) is 8.47. The first-order valence-corrected chi connectivity index (χ1v) is 8.79. The molecule has 1 aromatic heterocycles. The molecule has 0 saturated carbocycles. The van der Waals surface area contributed by atoms with Crippen molar-refractivity contribution in [2.45, 2.75) is 12.8 Å². The van der Waals surface area contributed by atoms with Gasteiger partial charge in [-0.05, 0) is 24.6 Å². The average molecular weight is 353 g/mol. The molecule has 0 N–H and O–H groups in total. The highest BCUT2D eigenvalue weighted by Gasteiger charge is 2.23. The highest BCUT2D eigenvalue weighted by molar-refractivity contribution is 5.92. The Morgan fingerprint density at radius 1 is 1.00 bits per heavy atom. The Balaban J connectivity index is 1.61. The Labute approximate surface area is 153 Å². The van der Waals surface area contributed by atoms with E-state index in [4.69, 9.17) is 4.74 Å². The van der Waals surface area contributed by atoms with Gasteiger partial charge in [0.25, 0.3) is 5.91 Å². The van der Waals surface area contributed by atoms with Gasteiger partial charge in [-0.3, -0.25) is 14.6 Å². The number of rotatable bonds is 4. The Morgan fingerprint density at radius 2 is 1.73 bits per heavy atom. The summed E-state index contributed by atoms with van der Waals surface area (Å²) in [4.78, 5) is 33.0. The van der Waals surface area contributed by atoms with Crippen LogP contribution in [0.15, 0.2) is 48.7 Å². The maximum atomic E-state index is 12.7. The summed E-state index contributed by atoms with van der Waals surface area (Å²) in [5.41, 5.74) is 1.33. The summed E-state index contributed by atoms with van der Waals surface area (Å²) in [6, 6.07) is 12.9. The molecule has 1 aliphatic heterocycles. The fraction of sp³-hybridized carbons (Fsp3) is 0.350. The third-order valence-electron chi connectivity index (χ3n) is 4.55. The lowest BCUT2D eigenvalue weighted by molar-refractivity contribution is -0.130. The zero-order valence-electron chi connectivity index (χ0n) is 14.9. The van der Waals surface area contributed by atoms with Crippen LogP contribution < -0.4 is 4.74 Å². The summed E-state index contributed by atoms with van der Waals surface area (Å²) in [5, 5.41) is 0. The predicted octanol–water partition coefficient (Wildman–Crippen LogP) is 2.01. The van der Waals surface area contributed by atoms with E-state index in [0.717, 1.165) is 17.7 Å². The van der Waals surface area contributed by atoms with Crippen molar-refractivity contribution in [1.82, 2.24) is 14.8 Å². The average Bonchev–Trinajstić information content (AvgIpc) is 2.95. The SMILES string of the molecule is COc1ccccc1CC(=O)N1CCCN(C(=O)c2ccccn2)CC1. The second-order valence-electron chi connectivity index (χ2n) is 6.23. The maximum Gasteiger partial charge on any atom is 0.272 e. The van der Waals surface area contributed by atoms with Crippen molar-refractivity contribution >= 4 is 11.8 Å². The first-order chi connectivity index (χ1) is 12.7. The van der Waals surface area contributed by atoms with Gasteiger partial charge in [0.05, 0.1) is 13.5 Å². The van der Waals surface area contributed by atoms with E-state index in [1.54, 1.807) is 36.4 Å². The molecule has 1 aromatic carbocycles. The van der Waals surface area contributed by atoms with Crippen LogP contribution in [-0.2, 0) is 11.2 Å². The highest BCUT2D eigenvalue weighted by Crippen LogP contribution is 2.19. The van der Waals surface area contributed by atoms with Crippen LogP contribution in [0.2, 0.25) is 0 Å². The van der Waals surface area contributed by atoms with E-state index in [9.17, 15) is 9.59 Å². The lowest BCUT2D eigenvalue weighted by Gasteiger charge is -2.22. The number of pyridine rings is 1. The van der Waals surface area contributed by atoms with Crippen LogP contribution in [0.25, 0.3) is 0 Å². The zero-order chi connectivity index (χ0) is 18.4. The minimum atomic E-state index is -0.0790. The smallest absolute Gasteiger partial charge is 0.272 e. The van der Waals surface area contributed by atoms with Crippen molar-refractivity contribution in [1.29, 1.82) is 0 Å². The fourth-order valence-corrected chi connectivity index (χ4v) is 3.14. The molecular formula is C20H23N3O3. The number of carbonyl (C=O) groups is 2. The molecule has 6 nitrogen and oxygen atoms in total. The molecule has 0 radical (unpaired) electrons. The van der Waals surface area contributed by atoms with Gasteiger partial charge < -0.3 is 14.5 Å². The molecule has 2 aromatic rings. The lowest BCUT2D eigenvalue weighted by atomic mass is 10.1. The molecule has 1 saturated heterocycles. The minimum Gasteiger partial charge on any atom is -0.496 e. The molecule has 1 fully saturated rings. The van der Waals surface area contributed by atoms with Crippen molar-refractivity contribution in [3.8, 4) is 5.75 Å². The third kappa shape index (κ3) is 4.20. The Bertz CT molecular complexity index is 764. The van der Waals surface area contributed by atoms with Crippen molar-refractivity contribution in [3.05, 3.63) is 59.9 Å². The molecule has 0 bridgehead atoms. The van der Waals surface area contributed by atoms with Gasteiger partial charge in [0, 0.05) is 37.9 Å². The fourth-order valence-electron chi connectivity index (χ4n) is 3.14. The van der Waals surface area contributed by atoms with Crippen LogP contribution in [0.3, 0.4) is 0 Å². The molecule has 26 heavy (non-hydrogen) atoms. The number of nitrogens with zero attached hydrogens (tertiary/aromatic N) is 3. The van der Waals surface area contributed by atoms with Crippen LogP contribution in [-0.4, -0.2) is 59.9 Å². The molecule has 3 rings (SSSR count). The number of aromatic nitrogens is 1. The molecule has 2 amide bonds. The summed E-state index contributed by atoms with van der Waals surface area (Å²) >= 11 is 0. The zero-order valence-corrected chi connectivity index (χ0v) is 14.9. The number of hydrogen-bond acceptors (Lipinski definition) is 4. The van der Waals surface area contributed by atoms with Crippen LogP contribution in [0.4, 0.5) is 0 Å². The molecular weight excluding hydrogens is 330 g/mol. The van der Waals surface area contributed by atoms with E-state index in [2.05, 4.69) is 4.98 Å². The molecule has 0 atom stereocenters. The van der Waals surface area contributed by atoms with Gasteiger partial charge in [0.2, 0.25) is 5.91 Å². The molecule has 0 unspecified atom stereocenters. The van der Waals surface area contributed by atoms with Gasteiger partial charge in [-0.15, -0.1) is 0 Å². The van der Waals surface area contributed by atoms with E-state index >= 15 is 0 Å². The molecule has 0 aliphatic carbocycles. The number of ether oxygens (including phenoxy) is 1. The van der Waals surface area contributed by atoms with Crippen LogP contribution >= 0.6 is 0 Å². The number of amides is 2. The van der Waals surface area contributed by atoms with Gasteiger partial charge in [-0.25, -0.2) is 0 Å². The van der Waals surface area contributed by atoms with E-state index in [1.807, 2.05) is 29.2 Å². The quantitative estimate of drug-likeness (QED) is 0.843. The van der Waals surface area contributed by atoms with Crippen molar-refractivity contribution < 1.29 is 14.3 Å². The summed E-state index contributed by atoms with van der Waals surface area (Å²) in [6.07, 6.45) is 2.68. The largest absolute Gasteiger partial charge is 0.496 e. The molecule has 0 spiro atoms. The van der Waals surface area contributed by atoms with Crippen molar-refractivity contribution in [2.24, 2.45) is 0 Å². The Morgan fingerprint density at radius 3 is 2.50 bits per heavy atom. The molecule has 136 valence electrons. The molecule has 1 aliphatic rings. The summed E-state index contributed by atoms with van der Waals surface area (Å²) in [5.74, 6) is 0.703. The highest BCUT2D eigenvalue weighted by atomic mass is 16.5. The number of hydrogen-bond donors (Lipinski definition) is 0. The summed E-state index contributed by atoms with van der Waals surface area (Å²) in [7, 11) is 1.61. The van der Waals surface area contributed by atoms with Crippen molar-refractivity contribution in [2.75, 3.05) is 33.3 Å². The van der Waals surface area contributed by atoms with E-state index in [1.165, 1.54) is 0 Å². The van der Waals surface area contributed by atoms with Crippen LogP contribution in [0, 0.1) is 0 Å². The summed E-state index contributed by atoms with van der Waals surface area (Å²) in [6.45, 7) is 2.34. The first kappa shape index (κ1) is 17.9. The second-order valence-corrected chi connectivity index (χ2v) is 6.23. The van der Waals surface area contributed by atoms with Crippen molar-refractivity contribution in [3.63, 3.8) is 0 Å².